The van der Waals surface area contributed by atoms with Crippen LogP contribution in [-0.2, 0) is 24.3 Å². The molecular formula is C20H19BrN4O6S. The molecule has 1 amide bonds. The minimum atomic E-state index is -3.87. The molecule has 0 fully saturated rings. The van der Waals surface area contributed by atoms with Crippen LogP contribution in [0, 0.1) is 6.92 Å². The molecule has 0 atom stereocenters. The van der Waals surface area contributed by atoms with E-state index in [1.165, 1.54) is 12.1 Å². The number of hydrogen-bond acceptors (Lipinski definition) is 6. The number of carbonyl (C=O) groups excluding carboxylic acids is 2. The van der Waals surface area contributed by atoms with Gasteiger partial charge in [0, 0.05) is 9.88 Å². The van der Waals surface area contributed by atoms with E-state index in [-0.39, 0.29) is 5.69 Å². The molecule has 0 unspecified atom stereocenters. The van der Waals surface area contributed by atoms with Gasteiger partial charge in [0.1, 0.15) is 6.54 Å². The number of fused-ring (bicyclic) bond motifs is 1. The second-order valence-electron chi connectivity index (χ2n) is 6.75. The summed E-state index contributed by atoms with van der Waals surface area (Å²) in [5.41, 5.74) is 2.74. The SMILES string of the molecule is Cc1ccc(/C=C/S(=O)(=O)NCC(=O)OCC(=O)Nc2cc3[nH]c(=O)[nH]c3cc2Br)cc1. The third kappa shape index (κ3) is 6.64. The Labute approximate surface area is 191 Å². The highest BCUT2D eigenvalue weighted by atomic mass is 79.9. The van der Waals surface area contributed by atoms with E-state index in [1.54, 1.807) is 18.2 Å². The van der Waals surface area contributed by atoms with Crippen molar-refractivity contribution in [2.24, 2.45) is 0 Å². The predicted octanol–water partition coefficient (Wildman–Crippen LogP) is 2.00. The topological polar surface area (TPSA) is 150 Å². The fraction of sp³-hybridized carbons (Fsp3) is 0.150. The van der Waals surface area contributed by atoms with Crippen molar-refractivity contribution in [2.45, 2.75) is 6.92 Å². The maximum atomic E-state index is 12.1. The van der Waals surface area contributed by atoms with Crippen molar-refractivity contribution in [3.63, 3.8) is 0 Å². The van der Waals surface area contributed by atoms with Gasteiger partial charge in [-0.25, -0.2) is 17.9 Å². The molecule has 3 rings (SSSR count). The molecule has 0 saturated carbocycles. The Kier molecular flexibility index (Phi) is 7.28. The molecule has 1 heterocycles. The highest BCUT2D eigenvalue weighted by molar-refractivity contribution is 9.10. The van der Waals surface area contributed by atoms with Gasteiger partial charge in [-0.15, -0.1) is 0 Å². The number of aromatic nitrogens is 2. The molecule has 0 saturated heterocycles. The molecule has 4 N–H and O–H groups in total. The minimum Gasteiger partial charge on any atom is -0.455 e. The Hall–Kier alpha value is -3.22. The van der Waals surface area contributed by atoms with E-state index in [4.69, 9.17) is 4.74 Å². The lowest BCUT2D eigenvalue weighted by atomic mass is 10.2. The van der Waals surface area contributed by atoms with Crippen LogP contribution in [0.5, 0.6) is 0 Å². The Balaban J connectivity index is 1.48. The summed E-state index contributed by atoms with van der Waals surface area (Å²) in [6.07, 6.45) is 1.40. The number of H-pyrrole nitrogens is 2. The van der Waals surface area contributed by atoms with Crippen LogP contribution in [0.4, 0.5) is 5.69 Å². The number of rotatable bonds is 8. The number of hydrogen-bond donors (Lipinski definition) is 4. The number of amides is 1. The monoisotopic (exact) mass is 522 g/mol. The molecular weight excluding hydrogens is 504 g/mol. The molecule has 168 valence electrons. The number of benzene rings is 2. The van der Waals surface area contributed by atoms with Crippen LogP contribution in [0.15, 0.2) is 51.1 Å². The lowest BCUT2D eigenvalue weighted by Crippen LogP contribution is -2.31. The summed E-state index contributed by atoms with van der Waals surface area (Å²) < 4.78 is 31.4. The molecule has 0 spiro atoms. The first kappa shape index (κ1) is 23.4. The van der Waals surface area contributed by atoms with Crippen molar-refractivity contribution >= 4 is 60.6 Å². The quantitative estimate of drug-likeness (QED) is 0.332. The predicted molar refractivity (Wildman–Crippen MR) is 123 cm³/mol. The first-order chi connectivity index (χ1) is 15.1. The summed E-state index contributed by atoms with van der Waals surface area (Å²) in [5, 5.41) is 3.47. The number of anilines is 1. The summed E-state index contributed by atoms with van der Waals surface area (Å²) >= 11 is 3.28. The van der Waals surface area contributed by atoms with Crippen molar-refractivity contribution in [3.05, 3.63) is 67.9 Å². The van der Waals surface area contributed by atoms with Crippen molar-refractivity contribution in [1.82, 2.24) is 14.7 Å². The van der Waals surface area contributed by atoms with Gasteiger partial charge in [-0.3, -0.25) is 9.59 Å². The van der Waals surface area contributed by atoms with Gasteiger partial charge in [0.25, 0.3) is 5.91 Å². The number of aromatic amines is 2. The molecule has 0 bridgehead atoms. The van der Waals surface area contributed by atoms with E-state index >= 15 is 0 Å². The van der Waals surface area contributed by atoms with E-state index in [9.17, 15) is 22.8 Å². The van der Waals surface area contributed by atoms with Gasteiger partial charge < -0.3 is 20.0 Å². The summed E-state index contributed by atoms with van der Waals surface area (Å²) in [7, 11) is -3.87. The molecule has 0 radical (unpaired) electrons. The van der Waals surface area contributed by atoms with Crippen LogP contribution in [0.1, 0.15) is 11.1 Å². The van der Waals surface area contributed by atoms with E-state index in [2.05, 4.69) is 35.9 Å². The summed E-state index contributed by atoms with van der Waals surface area (Å²) in [5.74, 6) is -1.56. The largest absolute Gasteiger partial charge is 0.455 e. The molecule has 32 heavy (non-hydrogen) atoms. The van der Waals surface area contributed by atoms with Gasteiger partial charge >= 0.3 is 11.7 Å². The first-order valence-electron chi connectivity index (χ1n) is 9.23. The Morgan fingerprint density at radius 1 is 1.12 bits per heavy atom. The molecule has 0 aliphatic rings. The Morgan fingerprint density at radius 2 is 1.78 bits per heavy atom. The molecule has 10 nitrogen and oxygen atoms in total. The molecule has 0 aliphatic carbocycles. The van der Waals surface area contributed by atoms with Crippen molar-refractivity contribution in [3.8, 4) is 0 Å². The van der Waals surface area contributed by atoms with E-state index in [1.807, 2.05) is 19.1 Å². The van der Waals surface area contributed by atoms with Crippen molar-refractivity contribution in [1.29, 1.82) is 0 Å². The molecule has 0 aliphatic heterocycles. The number of aryl methyl sites for hydroxylation is 1. The average molecular weight is 523 g/mol. The van der Waals surface area contributed by atoms with Crippen molar-refractivity contribution < 1.29 is 22.7 Å². The molecule has 3 aromatic rings. The zero-order valence-electron chi connectivity index (χ0n) is 16.8. The highest BCUT2D eigenvalue weighted by Gasteiger charge is 2.13. The average Bonchev–Trinajstić information content (AvgIpc) is 3.09. The van der Waals surface area contributed by atoms with E-state index < -0.39 is 35.1 Å². The van der Waals surface area contributed by atoms with Gasteiger partial charge in [0.2, 0.25) is 10.0 Å². The van der Waals surface area contributed by atoms with Crippen LogP contribution in [-0.4, -0.2) is 43.4 Å². The lowest BCUT2D eigenvalue weighted by Gasteiger charge is -2.09. The number of sulfonamides is 1. The van der Waals surface area contributed by atoms with E-state index in [0.29, 0.717) is 26.8 Å². The third-order valence-corrected chi connectivity index (χ3v) is 5.87. The maximum absolute atomic E-state index is 12.1. The number of esters is 1. The number of ether oxygens (including phenoxy) is 1. The highest BCUT2D eigenvalue weighted by Crippen LogP contribution is 2.26. The Bertz CT molecular complexity index is 1340. The molecule has 2 aromatic carbocycles. The molecule has 12 heteroatoms. The number of carbonyl (C=O) groups is 2. The van der Waals surface area contributed by atoms with Crippen LogP contribution >= 0.6 is 15.9 Å². The first-order valence-corrected chi connectivity index (χ1v) is 11.6. The zero-order chi connectivity index (χ0) is 23.3. The standard InChI is InChI=1S/C20H19BrN4O6S/c1-12-2-4-13(5-3-12)6-7-32(29,30)22-10-19(27)31-11-18(26)23-15-9-17-16(8-14(15)21)24-20(28)25-17/h2-9,22H,10-11H2,1H3,(H,23,26)(H2,24,25,28)/b7-6+. The Morgan fingerprint density at radius 3 is 2.47 bits per heavy atom. The fourth-order valence-electron chi connectivity index (χ4n) is 2.59. The zero-order valence-corrected chi connectivity index (χ0v) is 19.2. The van der Waals surface area contributed by atoms with Crippen LogP contribution in [0.2, 0.25) is 0 Å². The normalized spacial score (nSPS) is 11.7. The second kappa shape index (κ2) is 9.94. The van der Waals surface area contributed by atoms with Gasteiger partial charge in [0.05, 0.1) is 16.7 Å². The van der Waals surface area contributed by atoms with Crippen LogP contribution in [0.3, 0.4) is 0 Å². The van der Waals surface area contributed by atoms with E-state index in [0.717, 1.165) is 11.0 Å². The molecule has 1 aromatic heterocycles. The summed E-state index contributed by atoms with van der Waals surface area (Å²) in [6.45, 7) is 0.668. The van der Waals surface area contributed by atoms with Gasteiger partial charge in [-0.2, -0.15) is 0 Å². The second-order valence-corrected chi connectivity index (χ2v) is 9.25. The number of halogens is 1. The lowest BCUT2D eigenvalue weighted by molar-refractivity contribution is -0.146. The fourth-order valence-corrected chi connectivity index (χ4v) is 3.78. The van der Waals surface area contributed by atoms with Crippen LogP contribution in [0.25, 0.3) is 17.1 Å². The number of nitrogens with one attached hydrogen (secondary N) is 4. The van der Waals surface area contributed by atoms with Gasteiger partial charge in [-0.1, -0.05) is 29.8 Å². The van der Waals surface area contributed by atoms with Crippen molar-refractivity contribution in [2.75, 3.05) is 18.5 Å². The summed E-state index contributed by atoms with van der Waals surface area (Å²) in [4.78, 5) is 40.3. The van der Waals surface area contributed by atoms with Crippen LogP contribution < -0.4 is 15.7 Å². The number of imidazole rings is 1. The van der Waals surface area contributed by atoms with Gasteiger partial charge in [0.15, 0.2) is 6.61 Å². The van der Waals surface area contributed by atoms with Gasteiger partial charge in [-0.05, 0) is 46.6 Å². The smallest absolute Gasteiger partial charge is 0.323 e. The minimum absolute atomic E-state index is 0.357. The maximum Gasteiger partial charge on any atom is 0.323 e. The summed E-state index contributed by atoms with van der Waals surface area (Å²) in [6, 6.07) is 10.3. The third-order valence-electron chi connectivity index (χ3n) is 4.18.